The van der Waals surface area contributed by atoms with Gasteiger partial charge in [-0.2, -0.15) is 0 Å². The summed E-state index contributed by atoms with van der Waals surface area (Å²) in [5, 5.41) is 10.7. The van der Waals surface area contributed by atoms with Crippen molar-refractivity contribution in [3.8, 4) is 0 Å². The maximum absolute atomic E-state index is 12.5. The van der Waals surface area contributed by atoms with Gasteiger partial charge >= 0.3 is 0 Å². The summed E-state index contributed by atoms with van der Waals surface area (Å²) in [6.07, 6.45) is 1.09. The highest BCUT2D eigenvalue weighted by Gasteiger charge is 2.19. The van der Waals surface area contributed by atoms with Crippen LogP contribution in [0, 0.1) is 0 Å². The van der Waals surface area contributed by atoms with Gasteiger partial charge in [0.1, 0.15) is 0 Å². The van der Waals surface area contributed by atoms with Crippen LogP contribution in [0.2, 0.25) is 0 Å². The number of nitrogens with one attached hydrogen (secondary N) is 1. The predicted octanol–water partition coefficient (Wildman–Crippen LogP) is 4.36. The third-order valence-corrected chi connectivity index (χ3v) is 6.40. The average Bonchev–Trinajstić information content (AvgIpc) is 2.99. The fourth-order valence-electron chi connectivity index (χ4n) is 1.85. The maximum atomic E-state index is 12.5. The Morgan fingerprint density at radius 2 is 1.88 bits per heavy atom. The molecule has 1 amide bonds. The standard InChI is InChI=1S/C16H19N3O2S3/c1-4-9-22-15-18-19-16(24-15)23-10(2)14(21)12-5-7-13(8-6-12)17-11(3)20/h5-8,10H,4,9H2,1-3H3,(H,17,20)/t10-/m1/s1. The van der Waals surface area contributed by atoms with Crippen LogP contribution in [0.4, 0.5) is 5.69 Å². The molecule has 1 aromatic heterocycles. The normalized spacial score (nSPS) is 12.0. The second-order valence-corrected chi connectivity index (χ2v) is 8.97. The molecule has 128 valence electrons. The summed E-state index contributed by atoms with van der Waals surface area (Å²) in [6.45, 7) is 5.45. The van der Waals surface area contributed by atoms with Gasteiger partial charge in [0, 0.05) is 23.9 Å². The lowest BCUT2D eigenvalue weighted by molar-refractivity contribution is -0.114. The largest absolute Gasteiger partial charge is 0.326 e. The number of anilines is 1. The van der Waals surface area contributed by atoms with E-state index in [0.717, 1.165) is 20.9 Å². The van der Waals surface area contributed by atoms with Gasteiger partial charge in [-0.3, -0.25) is 9.59 Å². The Morgan fingerprint density at radius 3 is 2.50 bits per heavy atom. The molecule has 0 saturated carbocycles. The minimum Gasteiger partial charge on any atom is -0.326 e. The van der Waals surface area contributed by atoms with Crippen molar-refractivity contribution in [1.29, 1.82) is 0 Å². The number of thioether (sulfide) groups is 2. The van der Waals surface area contributed by atoms with Crippen molar-refractivity contribution < 1.29 is 9.59 Å². The molecule has 24 heavy (non-hydrogen) atoms. The average molecular weight is 382 g/mol. The van der Waals surface area contributed by atoms with E-state index in [1.165, 1.54) is 30.0 Å². The van der Waals surface area contributed by atoms with E-state index in [9.17, 15) is 9.59 Å². The zero-order chi connectivity index (χ0) is 17.5. The van der Waals surface area contributed by atoms with Crippen LogP contribution in [0.15, 0.2) is 32.9 Å². The highest BCUT2D eigenvalue weighted by atomic mass is 32.2. The predicted molar refractivity (Wildman–Crippen MR) is 101 cm³/mol. The van der Waals surface area contributed by atoms with Gasteiger partial charge in [0.2, 0.25) is 5.91 Å². The second-order valence-electron chi connectivity index (χ2n) is 5.07. The molecule has 2 aromatic rings. The van der Waals surface area contributed by atoms with Gasteiger partial charge in [0.05, 0.1) is 5.25 Å². The van der Waals surface area contributed by atoms with E-state index in [1.54, 1.807) is 36.0 Å². The quantitative estimate of drug-likeness (QED) is 0.541. The highest BCUT2D eigenvalue weighted by Crippen LogP contribution is 2.32. The first-order chi connectivity index (χ1) is 11.5. The first-order valence-electron chi connectivity index (χ1n) is 7.54. The van der Waals surface area contributed by atoms with E-state index >= 15 is 0 Å². The fraction of sp³-hybridized carbons (Fsp3) is 0.375. The van der Waals surface area contributed by atoms with Crippen LogP contribution in [-0.4, -0.2) is 32.9 Å². The zero-order valence-corrected chi connectivity index (χ0v) is 16.2. The number of hydrogen-bond acceptors (Lipinski definition) is 7. The Bertz CT molecular complexity index is 701. The lowest BCUT2D eigenvalue weighted by atomic mass is 10.1. The molecular formula is C16H19N3O2S3. The van der Waals surface area contributed by atoms with Crippen molar-refractivity contribution >= 4 is 52.2 Å². The third kappa shape index (κ3) is 5.61. The van der Waals surface area contributed by atoms with Crippen molar-refractivity contribution in [1.82, 2.24) is 10.2 Å². The van der Waals surface area contributed by atoms with Gasteiger partial charge in [-0.15, -0.1) is 10.2 Å². The van der Waals surface area contributed by atoms with Crippen LogP contribution >= 0.6 is 34.9 Å². The second kappa shape index (κ2) is 9.19. The summed E-state index contributed by atoms with van der Waals surface area (Å²) in [5.41, 5.74) is 1.30. The molecule has 0 fully saturated rings. The van der Waals surface area contributed by atoms with E-state index in [4.69, 9.17) is 0 Å². The minimum atomic E-state index is -0.242. The lowest BCUT2D eigenvalue weighted by Crippen LogP contribution is -2.13. The molecule has 0 radical (unpaired) electrons. The van der Waals surface area contributed by atoms with E-state index in [2.05, 4.69) is 22.4 Å². The SMILES string of the molecule is CCCSc1nnc(S[C@H](C)C(=O)c2ccc(NC(C)=O)cc2)s1. The Morgan fingerprint density at radius 1 is 1.21 bits per heavy atom. The molecule has 1 aromatic carbocycles. The van der Waals surface area contributed by atoms with Gasteiger partial charge < -0.3 is 5.32 Å². The Hall–Kier alpha value is -1.38. The number of ketones is 1. The van der Waals surface area contributed by atoms with Gasteiger partial charge in [0.15, 0.2) is 14.5 Å². The van der Waals surface area contributed by atoms with E-state index in [0.29, 0.717) is 11.3 Å². The molecule has 1 atom stereocenters. The molecule has 0 unspecified atom stereocenters. The number of benzene rings is 1. The Balaban J connectivity index is 1.96. The molecule has 0 aliphatic rings. The number of rotatable bonds is 8. The molecule has 1 heterocycles. The number of carbonyl (C=O) groups excluding carboxylic acids is 2. The smallest absolute Gasteiger partial charge is 0.221 e. The monoisotopic (exact) mass is 381 g/mol. The molecule has 1 N–H and O–H groups in total. The third-order valence-electron chi connectivity index (χ3n) is 2.95. The molecule has 0 spiro atoms. The molecule has 0 bridgehead atoms. The number of amides is 1. The van der Waals surface area contributed by atoms with Crippen LogP contribution in [0.3, 0.4) is 0 Å². The Labute approximate surface area is 154 Å². The number of Topliss-reactive ketones (excluding diaryl/α,β-unsaturated/α-hetero) is 1. The van der Waals surface area contributed by atoms with Gasteiger partial charge in [-0.25, -0.2) is 0 Å². The number of carbonyl (C=O) groups is 2. The van der Waals surface area contributed by atoms with Gasteiger partial charge in [-0.05, 0) is 37.6 Å². The fourth-order valence-corrected chi connectivity index (χ4v) is 5.02. The van der Waals surface area contributed by atoms with Crippen molar-refractivity contribution in [2.45, 2.75) is 41.1 Å². The van der Waals surface area contributed by atoms with Crippen LogP contribution in [-0.2, 0) is 4.79 Å². The highest BCUT2D eigenvalue weighted by molar-refractivity contribution is 8.03. The molecule has 0 aliphatic heterocycles. The van der Waals surface area contributed by atoms with Crippen LogP contribution in [0.5, 0.6) is 0 Å². The molecule has 2 rings (SSSR count). The summed E-state index contributed by atoms with van der Waals surface area (Å²) in [7, 11) is 0. The minimum absolute atomic E-state index is 0.0346. The molecule has 0 aliphatic carbocycles. The number of aromatic nitrogens is 2. The number of hydrogen-bond donors (Lipinski definition) is 1. The van der Waals surface area contributed by atoms with E-state index in [1.807, 2.05) is 6.92 Å². The van der Waals surface area contributed by atoms with E-state index < -0.39 is 0 Å². The summed E-state index contributed by atoms with van der Waals surface area (Å²) < 4.78 is 1.75. The summed E-state index contributed by atoms with van der Waals surface area (Å²) in [5.74, 6) is 0.924. The van der Waals surface area contributed by atoms with E-state index in [-0.39, 0.29) is 16.9 Å². The lowest BCUT2D eigenvalue weighted by Gasteiger charge is -2.09. The molecule has 8 heteroatoms. The summed E-state index contributed by atoms with van der Waals surface area (Å²) >= 11 is 4.65. The topological polar surface area (TPSA) is 72.0 Å². The zero-order valence-electron chi connectivity index (χ0n) is 13.7. The first-order valence-corrected chi connectivity index (χ1v) is 10.2. The first kappa shape index (κ1) is 19.0. The van der Waals surface area contributed by atoms with Crippen molar-refractivity contribution in [2.24, 2.45) is 0 Å². The molecule has 0 saturated heterocycles. The van der Waals surface area contributed by atoms with Crippen molar-refractivity contribution in [3.63, 3.8) is 0 Å². The van der Waals surface area contributed by atoms with Crippen LogP contribution in [0.25, 0.3) is 0 Å². The van der Waals surface area contributed by atoms with Crippen LogP contribution in [0.1, 0.15) is 37.6 Å². The van der Waals surface area contributed by atoms with Crippen LogP contribution < -0.4 is 5.32 Å². The molecular weight excluding hydrogens is 362 g/mol. The van der Waals surface area contributed by atoms with Gasteiger partial charge in [-0.1, -0.05) is 41.8 Å². The summed E-state index contributed by atoms with van der Waals surface area (Å²) in [6, 6.07) is 6.92. The molecule has 5 nitrogen and oxygen atoms in total. The summed E-state index contributed by atoms with van der Waals surface area (Å²) in [4.78, 5) is 23.5. The maximum Gasteiger partial charge on any atom is 0.221 e. The Kier molecular flexibility index (Phi) is 7.26. The van der Waals surface area contributed by atoms with Crippen molar-refractivity contribution in [3.05, 3.63) is 29.8 Å². The number of nitrogens with zero attached hydrogens (tertiary/aromatic N) is 2. The van der Waals surface area contributed by atoms with Crippen molar-refractivity contribution in [2.75, 3.05) is 11.1 Å². The van der Waals surface area contributed by atoms with Gasteiger partial charge in [0.25, 0.3) is 0 Å².